The fourth-order valence-electron chi connectivity index (χ4n) is 3.30. The summed E-state index contributed by atoms with van der Waals surface area (Å²) in [6, 6.07) is 11.0. The van der Waals surface area contributed by atoms with E-state index in [9.17, 15) is 4.79 Å². The molecule has 1 aliphatic rings. The number of amides is 1. The van der Waals surface area contributed by atoms with E-state index in [0.717, 1.165) is 11.4 Å². The average Bonchev–Trinajstić information content (AvgIpc) is 3.11. The first-order valence-electron chi connectivity index (χ1n) is 8.85. The molecule has 1 atom stereocenters. The Labute approximate surface area is 162 Å². The monoisotopic (exact) mass is 382 g/mol. The molecule has 7 heteroatoms. The molecule has 1 amide bonds. The second-order valence-corrected chi connectivity index (χ2v) is 6.86. The number of hydrogen-bond donors (Lipinski definition) is 0. The molecule has 0 radical (unpaired) electrons. The standard InChI is InChI=1S/C20H19ClN4O2/c1-3-17-16(11-23-25(17)15-8-6-14(21)7-9-15)20(26)24-12-13(2)27-19-18(24)5-4-10-22-19/h4-11,13H,3,12H2,1-2H3. The molecule has 6 nitrogen and oxygen atoms in total. The van der Waals surface area contributed by atoms with Crippen LogP contribution in [0, 0.1) is 0 Å². The number of halogens is 1. The number of hydrogen-bond acceptors (Lipinski definition) is 4. The summed E-state index contributed by atoms with van der Waals surface area (Å²) >= 11 is 5.98. The summed E-state index contributed by atoms with van der Waals surface area (Å²) in [5.41, 5.74) is 2.98. The molecule has 0 fully saturated rings. The molecule has 4 rings (SSSR count). The van der Waals surface area contributed by atoms with Crippen LogP contribution < -0.4 is 9.64 Å². The summed E-state index contributed by atoms with van der Waals surface area (Å²) in [6.07, 6.45) is 3.83. The van der Waals surface area contributed by atoms with Crippen LogP contribution in [0.3, 0.4) is 0 Å². The zero-order chi connectivity index (χ0) is 19.0. The number of benzene rings is 1. The highest BCUT2D eigenvalue weighted by Gasteiger charge is 2.31. The third-order valence-corrected chi connectivity index (χ3v) is 4.80. The van der Waals surface area contributed by atoms with Gasteiger partial charge in [-0.05, 0) is 49.7 Å². The summed E-state index contributed by atoms with van der Waals surface area (Å²) in [5.74, 6) is 0.379. The van der Waals surface area contributed by atoms with E-state index in [-0.39, 0.29) is 12.0 Å². The van der Waals surface area contributed by atoms with Gasteiger partial charge in [-0.3, -0.25) is 9.69 Å². The fraction of sp³-hybridized carbons (Fsp3) is 0.250. The molecule has 3 aromatic rings. The van der Waals surface area contributed by atoms with Crippen LogP contribution in [0.15, 0.2) is 48.8 Å². The fourth-order valence-corrected chi connectivity index (χ4v) is 3.42. The van der Waals surface area contributed by atoms with Crippen molar-refractivity contribution in [2.45, 2.75) is 26.4 Å². The van der Waals surface area contributed by atoms with Crippen LogP contribution in [0.25, 0.3) is 5.69 Å². The van der Waals surface area contributed by atoms with Crippen LogP contribution in [0.5, 0.6) is 5.88 Å². The molecule has 0 aliphatic carbocycles. The number of rotatable bonds is 3. The first-order valence-corrected chi connectivity index (χ1v) is 9.22. The van der Waals surface area contributed by atoms with E-state index in [1.807, 2.05) is 44.2 Å². The van der Waals surface area contributed by atoms with Crippen molar-refractivity contribution in [3.63, 3.8) is 0 Å². The molecule has 3 heterocycles. The normalized spacial score (nSPS) is 16.0. The lowest BCUT2D eigenvalue weighted by Gasteiger charge is -2.32. The van der Waals surface area contributed by atoms with E-state index in [1.165, 1.54) is 0 Å². The molecule has 1 aromatic carbocycles. The van der Waals surface area contributed by atoms with Gasteiger partial charge in [-0.1, -0.05) is 18.5 Å². The van der Waals surface area contributed by atoms with Gasteiger partial charge in [0.2, 0.25) is 5.88 Å². The Hall–Kier alpha value is -2.86. The van der Waals surface area contributed by atoms with Crippen molar-refractivity contribution in [3.8, 4) is 11.6 Å². The predicted octanol–water partition coefficient (Wildman–Crippen LogP) is 3.91. The summed E-state index contributed by atoms with van der Waals surface area (Å²) in [5, 5.41) is 5.12. The Balaban J connectivity index is 1.74. The van der Waals surface area contributed by atoms with E-state index in [1.54, 1.807) is 28.0 Å². The molecule has 0 saturated carbocycles. The van der Waals surface area contributed by atoms with Gasteiger partial charge < -0.3 is 4.74 Å². The van der Waals surface area contributed by atoms with Gasteiger partial charge in [-0.2, -0.15) is 5.10 Å². The zero-order valence-corrected chi connectivity index (χ0v) is 15.8. The molecular weight excluding hydrogens is 364 g/mol. The third kappa shape index (κ3) is 3.17. The highest BCUT2D eigenvalue weighted by atomic mass is 35.5. The largest absolute Gasteiger partial charge is 0.471 e. The smallest absolute Gasteiger partial charge is 0.262 e. The Morgan fingerprint density at radius 3 is 2.81 bits per heavy atom. The topological polar surface area (TPSA) is 60.3 Å². The van der Waals surface area contributed by atoms with Crippen molar-refractivity contribution in [1.29, 1.82) is 0 Å². The Kier molecular flexibility index (Phi) is 4.58. The molecule has 1 aliphatic heterocycles. The van der Waals surface area contributed by atoms with Crippen molar-refractivity contribution < 1.29 is 9.53 Å². The molecule has 0 bridgehead atoms. The van der Waals surface area contributed by atoms with Crippen LogP contribution in [0.4, 0.5) is 5.69 Å². The van der Waals surface area contributed by atoms with Gasteiger partial charge in [0.05, 0.1) is 29.7 Å². The van der Waals surface area contributed by atoms with E-state index in [0.29, 0.717) is 35.1 Å². The van der Waals surface area contributed by atoms with Gasteiger partial charge in [-0.25, -0.2) is 9.67 Å². The highest BCUT2D eigenvalue weighted by Crippen LogP contribution is 2.32. The van der Waals surface area contributed by atoms with Crippen molar-refractivity contribution in [2.75, 3.05) is 11.4 Å². The summed E-state index contributed by atoms with van der Waals surface area (Å²) < 4.78 is 7.54. The first kappa shape index (κ1) is 17.5. The second kappa shape index (κ2) is 7.04. The maximum absolute atomic E-state index is 13.4. The molecule has 1 unspecified atom stereocenters. The molecule has 0 N–H and O–H groups in total. The third-order valence-electron chi connectivity index (χ3n) is 4.54. The number of fused-ring (bicyclic) bond motifs is 1. The Morgan fingerprint density at radius 1 is 1.30 bits per heavy atom. The highest BCUT2D eigenvalue weighted by molar-refractivity contribution is 6.30. The molecule has 0 spiro atoms. The number of nitrogens with zero attached hydrogens (tertiary/aromatic N) is 4. The lowest BCUT2D eigenvalue weighted by molar-refractivity contribution is 0.0957. The van der Waals surface area contributed by atoms with E-state index in [2.05, 4.69) is 10.1 Å². The zero-order valence-electron chi connectivity index (χ0n) is 15.1. The van der Waals surface area contributed by atoms with Gasteiger partial charge in [0.15, 0.2) is 0 Å². The van der Waals surface area contributed by atoms with E-state index < -0.39 is 0 Å². The Bertz CT molecular complexity index is 984. The van der Waals surface area contributed by atoms with E-state index in [4.69, 9.17) is 16.3 Å². The van der Waals surface area contributed by atoms with Gasteiger partial charge in [0.25, 0.3) is 5.91 Å². The molecular formula is C20H19ClN4O2. The van der Waals surface area contributed by atoms with Crippen molar-refractivity contribution in [1.82, 2.24) is 14.8 Å². The number of pyridine rings is 1. The quantitative estimate of drug-likeness (QED) is 0.689. The van der Waals surface area contributed by atoms with Gasteiger partial charge in [0.1, 0.15) is 11.8 Å². The second-order valence-electron chi connectivity index (χ2n) is 6.42. The number of carbonyl (C=O) groups excluding carboxylic acids is 1. The maximum atomic E-state index is 13.4. The average molecular weight is 383 g/mol. The Morgan fingerprint density at radius 2 is 2.07 bits per heavy atom. The van der Waals surface area contributed by atoms with Crippen LogP contribution in [-0.4, -0.2) is 33.3 Å². The minimum atomic E-state index is -0.132. The lowest BCUT2D eigenvalue weighted by atomic mass is 10.1. The molecule has 27 heavy (non-hydrogen) atoms. The summed E-state index contributed by atoms with van der Waals surface area (Å²) in [6.45, 7) is 4.40. The van der Waals surface area contributed by atoms with Gasteiger partial charge in [0, 0.05) is 11.2 Å². The molecule has 138 valence electrons. The SMILES string of the molecule is CCc1c(C(=O)N2CC(C)Oc3ncccc32)cnn1-c1ccc(Cl)cc1. The maximum Gasteiger partial charge on any atom is 0.262 e. The van der Waals surface area contributed by atoms with Gasteiger partial charge in [-0.15, -0.1) is 0 Å². The number of carbonyl (C=O) groups is 1. The van der Waals surface area contributed by atoms with Gasteiger partial charge >= 0.3 is 0 Å². The van der Waals surface area contributed by atoms with Crippen LogP contribution in [0.2, 0.25) is 5.02 Å². The van der Waals surface area contributed by atoms with Crippen LogP contribution in [-0.2, 0) is 6.42 Å². The molecule has 2 aromatic heterocycles. The predicted molar refractivity (Wildman–Crippen MR) is 104 cm³/mol. The first-order chi connectivity index (χ1) is 13.1. The summed E-state index contributed by atoms with van der Waals surface area (Å²) in [4.78, 5) is 19.3. The minimum absolute atomic E-state index is 0.100. The summed E-state index contributed by atoms with van der Waals surface area (Å²) in [7, 11) is 0. The van der Waals surface area contributed by atoms with Crippen LogP contribution >= 0.6 is 11.6 Å². The molecule has 0 saturated heterocycles. The minimum Gasteiger partial charge on any atom is -0.471 e. The van der Waals surface area contributed by atoms with Crippen molar-refractivity contribution >= 4 is 23.2 Å². The van der Waals surface area contributed by atoms with Crippen molar-refractivity contribution in [3.05, 3.63) is 65.1 Å². The number of ether oxygens (including phenoxy) is 1. The van der Waals surface area contributed by atoms with Crippen molar-refractivity contribution in [2.24, 2.45) is 0 Å². The number of anilines is 1. The number of aromatic nitrogens is 3. The van der Waals surface area contributed by atoms with Crippen LogP contribution in [0.1, 0.15) is 29.9 Å². The van der Waals surface area contributed by atoms with E-state index >= 15 is 0 Å². The lowest BCUT2D eigenvalue weighted by Crippen LogP contribution is -2.42.